The van der Waals surface area contributed by atoms with Crippen LogP contribution in [0.25, 0.3) is 33.7 Å². The molecule has 2 heterocycles. The van der Waals surface area contributed by atoms with Gasteiger partial charge in [-0.05, 0) is 42.2 Å². The molecule has 0 saturated carbocycles. The molecule has 0 aliphatic heterocycles. The van der Waals surface area contributed by atoms with Crippen LogP contribution in [0.3, 0.4) is 0 Å². The maximum atomic E-state index is 12.4. The third kappa shape index (κ3) is 5.44. The van der Waals surface area contributed by atoms with Gasteiger partial charge in [0.25, 0.3) is 5.56 Å². The molecule has 1 amide bonds. The fourth-order valence-corrected chi connectivity index (χ4v) is 4.17. The first-order chi connectivity index (χ1) is 17.2. The minimum atomic E-state index is -3.81. The number of aromatic amines is 2. The zero-order valence-electron chi connectivity index (χ0n) is 20.0. The summed E-state index contributed by atoms with van der Waals surface area (Å²) in [5.74, 6) is 0.336. The Bertz CT molecular complexity index is 1580. The number of nitrogens with one attached hydrogen (secondary N) is 3. The van der Waals surface area contributed by atoms with Gasteiger partial charge in [0.15, 0.2) is 11.2 Å². The second kappa shape index (κ2) is 10.3. The number of imidazole rings is 1. The Hall–Kier alpha value is -4.03. The van der Waals surface area contributed by atoms with Crippen molar-refractivity contribution in [1.29, 1.82) is 0 Å². The van der Waals surface area contributed by atoms with Crippen LogP contribution < -0.4 is 15.0 Å². The van der Waals surface area contributed by atoms with Crippen LogP contribution in [0.5, 0.6) is 5.75 Å². The molecule has 0 atom stereocenters. The van der Waals surface area contributed by atoms with Crippen molar-refractivity contribution in [2.75, 3.05) is 20.7 Å². The molecule has 4 aromatic rings. The molecule has 3 N–H and O–H groups in total. The van der Waals surface area contributed by atoms with Crippen molar-refractivity contribution >= 4 is 27.3 Å². The normalized spacial score (nSPS) is 11.7. The van der Waals surface area contributed by atoms with Crippen LogP contribution in [0, 0.1) is 0 Å². The van der Waals surface area contributed by atoms with E-state index < -0.39 is 16.1 Å². The molecule has 0 bridgehead atoms. The van der Waals surface area contributed by atoms with Crippen LogP contribution in [0.1, 0.15) is 18.9 Å². The molecule has 36 heavy (non-hydrogen) atoms. The molecule has 0 saturated heterocycles. The van der Waals surface area contributed by atoms with Crippen LogP contribution in [-0.4, -0.2) is 59.3 Å². The van der Waals surface area contributed by atoms with Gasteiger partial charge in [-0.2, -0.15) is 12.7 Å². The summed E-state index contributed by atoms with van der Waals surface area (Å²) in [5.41, 5.74) is 3.54. The molecule has 4 rings (SSSR count). The van der Waals surface area contributed by atoms with E-state index >= 15 is 0 Å². The summed E-state index contributed by atoms with van der Waals surface area (Å²) >= 11 is 0. The number of H-pyrrole nitrogens is 2. The molecule has 12 heteroatoms. The largest absolute Gasteiger partial charge is 0.493 e. The Balaban J connectivity index is 1.58. The monoisotopic (exact) mass is 510 g/mol. The number of benzene rings is 2. The van der Waals surface area contributed by atoms with Crippen molar-refractivity contribution in [3.8, 4) is 28.3 Å². The van der Waals surface area contributed by atoms with Gasteiger partial charge >= 0.3 is 10.2 Å². The molecule has 2 aromatic heterocycles. The molecule has 0 fully saturated rings. The third-order valence-corrected chi connectivity index (χ3v) is 6.90. The van der Waals surface area contributed by atoms with Crippen molar-refractivity contribution in [2.24, 2.45) is 0 Å². The quantitative estimate of drug-likeness (QED) is 0.312. The molecule has 188 valence electrons. The molecular weight excluding hydrogens is 484 g/mol. The smallest absolute Gasteiger partial charge is 0.303 e. The first-order valence-corrected chi connectivity index (χ1v) is 12.6. The number of hydrogen-bond donors (Lipinski definition) is 3. The summed E-state index contributed by atoms with van der Waals surface area (Å²) in [6, 6.07) is 13.2. The van der Waals surface area contributed by atoms with Gasteiger partial charge in [0.05, 0.1) is 18.5 Å². The number of hydrogen-bond acceptors (Lipinski definition) is 7. The molecule has 2 aromatic carbocycles. The van der Waals surface area contributed by atoms with Gasteiger partial charge in [0.2, 0.25) is 5.91 Å². The maximum Gasteiger partial charge on any atom is 0.303 e. The van der Waals surface area contributed by atoms with Crippen LogP contribution in [-0.2, 0) is 21.4 Å². The molecule has 11 nitrogen and oxygen atoms in total. The van der Waals surface area contributed by atoms with Gasteiger partial charge < -0.3 is 14.7 Å². The first kappa shape index (κ1) is 25.1. The Kier molecular flexibility index (Phi) is 7.17. The van der Waals surface area contributed by atoms with Gasteiger partial charge in [-0.3, -0.25) is 9.59 Å². The standard InChI is InChI=1S/C24H26N6O5S/c1-4-35-19-13-17(9-10-18(19)22-27-23-21(24(32)28-22)25-14-26-23)16-7-5-6-15(12-16)8-11-20(31)29-36(33,34)30(2)3/h5-7,9-10,12-14H,4,8,11H2,1-3H3,(H,29,31)(H2,25,26,27,28,32). The van der Waals surface area contributed by atoms with Crippen molar-refractivity contribution in [3.63, 3.8) is 0 Å². The van der Waals surface area contributed by atoms with E-state index in [9.17, 15) is 18.0 Å². The number of aromatic nitrogens is 4. The highest BCUT2D eigenvalue weighted by Crippen LogP contribution is 2.33. The highest BCUT2D eigenvalue weighted by Gasteiger charge is 2.17. The number of carbonyl (C=O) groups is 1. The predicted octanol–water partition coefficient (Wildman–Crippen LogP) is 2.23. The average Bonchev–Trinajstić information content (AvgIpc) is 3.32. The Morgan fingerprint density at radius 1 is 1.14 bits per heavy atom. The minimum Gasteiger partial charge on any atom is -0.493 e. The van der Waals surface area contributed by atoms with Crippen molar-refractivity contribution in [2.45, 2.75) is 19.8 Å². The van der Waals surface area contributed by atoms with E-state index in [0.29, 0.717) is 35.8 Å². The van der Waals surface area contributed by atoms with E-state index in [1.54, 1.807) is 0 Å². The van der Waals surface area contributed by atoms with E-state index in [4.69, 9.17) is 4.74 Å². The Morgan fingerprint density at radius 2 is 1.92 bits per heavy atom. The van der Waals surface area contributed by atoms with E-state index in [-0.39, 0.29) is 17.5 Å². The SMILES string of the molecule is CCOc1cc(-c2cccc(CCC(=O)NS(=O)(=O)N(C)C)c2)ccc1-c1nc2[nH]cnc2c(=O)[nH]1. The number of rotatable bonds is 9. The lowest BCUT2D eigenvalue weighted by atomic mass is 9.99. The number of ether oxygens (including phenoxy) is 1. The third-order valence-electron chi connectivity index (χ3n) is 5.45. The number of fused-ring (bicyclic) bond motifs is 1. The number of carbonyl (C=O) groups excluding carboxylic acids is 1. The fourth-order valence-electron chi connectivity index (χ4n) is 3.60. The molecule has 0 spiro atoms. The zero-order chi connectivity index (χ0) is 25.9. The molecule has 0 aliphatic carbocycles. The number of amides is 1. The summed E-state index contributed by atoms with van der Waals surface area (Å²) in [4.78, 5) is 38.5. The van der Waals surface area contributed by atoms with Crippen LogP contribution in [0.2, 0.25) is 0 Å². The number of aryl methyl sites for hydroxylation is 1. The van der Waals surface area contributed by atoms with Gasteiger partial charge in [-0.1, -0.05) is 30.3 Å². The summed E-state index contributed by atoms with van der Waals surface area (Å²) in [6.07, 6.45) is 1.81. The molecule has 0 aliphatic rings. The fraction of sp³-hybridized carbons (Fsp3) is 0.250. The van der Waals surface area contributed by atoms with E-state index in [1.807, 2.05) is 54.1 Å². The summed E-state index contributed by atoms with van der Waals surface area (Å²) < 4.78 is 32.5. The van der Waals surface area contributed by atoms with E-state index in [2.05, 4.69) is 19.9 Å². The molecule has 0 radical (unpaired) electrons. The lowest BCUT2D eigenvalue weighted by Crippen LogP contribution is -2.39. The van der Waals surface area contributed by atoms with Gasteiger partial charge in [-0.15, -0.1) is 0 Å². The lowest BCUT2D eigenvalue weighted by molar-refractivity contribution is -0.119. The molecule has 0 unspecified atom stereocenters. The van der Waals surface area contributed by atoms with Crippen molar-refractivity contribution < 1.29 is 17.9 Å². The predicted molar refractivity (Wildman–Crippen MR) is 136 cm³/mol. The second-order valence-corrected chi connectivity index (χ2v) is 10.1. The van der Waals surface area contributed by atoms with Crippen molar-refractivity contribution in [1.82, 2.24) is 29.0 Å². The van der Waals surface area contributed by atoms with Gasteiger partial charge in [0, 0.05) is 20.5 Å². The van der Waals surface area contributed by atoms with Gasteiger partial charge in [-0.25, -0.2) is 14.7 Å². The average molecular weight is 511 g/mol. The van der Waals surface area contributed by atoms with Crippen LogP contribution in [0.15, 0.2) is 53.6 Å². The number of nitrogens with zero attached hydrogens (tertiary/aromatic N) is 3. The summed E-state index contributed by atoms with van der Waals surface area (Å²) in [7, 11) is -1.11. The van der Waals surface area contributed by atoms with Crippen molar-refractivity contribution in [3.05, 3.63) is 64.7 Å². The highest BCUT2D eigenvalue weighted by atomic mass is 32.2. The summed E-state index contributed by atoms with van der Waals surface area (Å²) in [6.45, 7) is 2.28. The minimum absolute atomic E-state index is 0.0226. The van der Waals surface area contributed by atoms with E-state index in [1.165, 1.54) is 20.4 Å². The Morgan fingerprint density at radius 3 is 2.67 bits per heavy atom. The zero-order valence-corrected chi connectivity index (χ0v) is 20.8. The van der Waals surface area contributed by atoms with Gasteiger partial charge in [0.1, 0.15) is 11.6 Å². The topological polar surface area (TPSA) is 150 Å². The Labute approximate surface area is 207 Å². The van der Waals surface area contributed by atoms with Crippen LogP contribution >= 0.6 is 0 Å². The lowest BCUT2D eigenvalue weighted by Gasteiger charge is -2.13. The van der Waals surface area contributed by atoms with Crippen LogP contribution in [0.4, 0.5) is 0 Å². The molecular formula is C24H26N6O5S. The van der Waals surface area contributed by atoms with E-state index in [0.717, 1.165) is 21.0 Å². The first-order valence-electron chi connectivity index (χ1n) is 11.2. The second-order valence-electron chi connectivity index (χ2n) is 8.17. The summed E-state index contributed by atoms with van der Waals surface area (Å²) in [5, 5.41) is 0. The maximum absolute atomic E-state index is 12.4. The highest BCUT2D eigenvalue weighted by molar-refractivity contribution is 7.87.